The van der Waals surface area contributed by atoms with Crippen LogP contribution in [0.15, 0.2) is 35.3 Å². The predicted molar refractivity (Wildman–Crippen MR) is 127 cm³/mol. The zero-order valence-electron chi connectivity index (χ0n) is 19.6. The van der Waals surface area contributed by atoms with Crippen LogP contribution in [0.5, 0.6) is 0 Å². The highest BCUT2D eigenvalue weighted by molar-refractivity contribution is 5.79. The van der Waals surface area contributed by atoms with E-state index in [2.05, 4.69) is 57.0 Å². The molecule has 32 heavy (non-hydrogen) atoms. The fourth-order valence-corrected chi connectivity index (χ4v) is 3.42. The lowest BCUT2D eigenvalue weighted by Gasteiger charge is -2.20. The van der Waals surface area contributed by atoms with Crippen LogP contribution in [0.2, 0.25) is 0 Å². The number of aliphatic imine (C=N–C) groups is 1. The van der Waals surface area contributed by atoms with Gasteiger partial charge in [-0.3, -0.25) is 0 Å². The molecular weight excluding hydrogens is 406 g/mol. The Morgan fingerprint density at radius 1 is 1.22 bits per heavy atom. The standard InChI is InChI=1S/C23H37N7O2/c1-19-27-28-22(30(19)3)17-26-23(25-13-8-15-32-21-11-16-31-18-21)24-12-7-14-29(2)20-9-5-4-6-10-20/h4-6,9-10,21H,7-8,11-18H2,1-3H3,(H2,24,25,26). The maximum atomic E-state index is 5.85. The highest BCUT2D eigenvalue weighted by atomic mass is 16.5. The van der Waals surface area contributed by atoms with Gasteiger partial charge in [-0.05, 0) is 38.3 Å². The molecule has 1 aliphatic rings. The second-order valence-corrected chi connectivity index (χ2v) is 8.06. The van der Waals surface area contributed by atoms with Gasteiger partial charge in [0.2, 0.25) is 0 Å². The molecule has 0 bridgehead atoms. The molecule has 0 aliphatic carbocycles. The third-order valence-electron chi connectivity index (χ3n) is 5.58. The topological polar surface area (TPSA) is 88.8 Å². The van der Waals surface area contributed by atoms with Gasteiger partial charge < -0.3 is 29.6 Å². The van der Waals surface area contributed by atoms with Crippen molar-refractivity contribution in [2.45, 2.75) is 38.8 Å². The molecule has 1 aromatic heterocycles. The number of benzene rings is 1. The number of ether oxygens (including phenoxy) is 2. The number of nitrogens with zero attached hydrogens (tertiary/aromatic N) is 5. The summed E-state index contributed by atoms with van der Waals surface area (Å²) in [5.41, 5.74) is 1.23. The lowest BCUT2D eigenvalue weighted by atomic mass is 10.3. The van der Waals surface area contributed by atoms with Crippen molar-refractivity contribution >= 4 is 11.6 Å². The van der Waals surface area contributed by atoms with Gasteiger partial charge in [-0.1, -0.05) is 18.2 Å². The molecule has 2 heterocycles. The van der Waals surface area contributed by atoms with Gasteiger partial charge in [0.25, 0.3) is 0 Å². The first-order valence-electron chi connectivity index (χ1n) is 11.5. The maximum absolute atomic E-state index is 5.85. The predicted octanol–water partition coefficient (Wildman–Crippen LogP) is 1.88. The lowest BCUT2D eigenvalue weighted by Crippen LogP contribution is -2.39. The summed E-state index contributed by atoms with van der Waals surface area (Å²) in [5, 5.41) is 15.2. The van der Waals surface area contributed by atoms with Crippen molar-refractivity contribution in [3.05, 3.63) is 42.0 Å². The number of rotatable bonds is 12. The van der Waals surface area contributed by atoms with Gasteiger partial charge in [0.1, 0.15) is 12.4 Å². The molecule has 0 radical (unpaired) electrons. The van der Waals surface area contributed by atoms with Gasteiger partial charge in [0.15, 0.2) is 11.8 Å². The number of anilines is 1. The third kappa shape index (κ3) is 7.80. The van der Waals surface area contributed by atoms with Gasteiger partial charge >= 0.3 is 0 Å². The Bertz CT molecular complexity index is 819. The molecule has 1 atom stereocenters. The number of hydrogen-bond acceptors (Lipinski definition) is 6. The normalized spacial score (nSPS) is 16.3. The summed E-state index contributed by atoms with van der Waals surface area (Å²) in [6.45, 7) is 7.25. The molecule has 1 unspecified atom stereocenters. The van der Waals surface area contributed by atoms with Crippen LogP contribution in [0.4, 0.5) is 5.69 Å². The Morgan fingerprint density at radius 3 is 2.69 bits per heavy atom. The van der Waals surface area contributed by atoms with Crippen molar-refractivity contribution < 1.29 is 9.47 Å². The number of nitrogens with one attached hydrogen (secondary N) is 2. The highest BCUT2D eigenvalue weighted by Gasteiger charge is 2.15. The Hall–Kier alpha value is -2.65. The Balaban J connectivity index is 1.43. The molecule has 1 fully saturated rings. The van der Waals surface area contributed by atoms with E-state index in [9.17, 15) is 0 Å². The summed E-state index contributed by atoms with van der Waals surface area (Å²) in [6, 6.07) is 10.4. The molecule has 9 heteroatoms. The molecule has 1 saturated heterocycles. The van der Waals surface area contributed by atoms with E-state index in [1.54, 1.807) is 0 Å². The van der Waals surface area contributed by atoms with E-state index in [0.717, 1.165) is 76.3 Å². The minimum atomic E-state index is 0.252. The number of hydrogen-bond donors (Lipinski definition) is 2. The van der Waals surface area contributed by atoms with E-state index in [1.807, 2.05) is 24.6 Å². The molecule has 3 rings (SSSR count). The molecular formula is C23H37N7O2. The fourth-order valence-electron chi connectivity index (χ4n) is 3.42. The summed E-state index contributed by atoms with van der Waals surface area (Å²) in [7, 11) is 4.08. The molecule has 2 aromatic rings. The smallest absolute Gasteiger partial charge is 0.191 e. The molecule has 0 spiro atoms. The van der Waals surface area contributed by atoms with Crippen LogP contribution >= 0.6 is 0 Å². The number of aromatic nitrogens is 3. The molecule has 1 aromatic carbocycles. The number of aryl methyl sites for hydroxylation is 1. The van der Waals surface area contributed by atoms with E-state index in [1.165, 1.54) is 5.69 Å². The van der Waals surface area contributed by atoms with E-state index in [-0.39, 0.29) is 6.10 Å². The van der Waals surface area contributed by atoms with Crippen LogP contribution in [-0.2, 0) is 23.1 Å². The quantitative estimate of drug-likeness (QED) is 0.294. The Kier molecular flexibility index (Phi) is 9.77. The molecule has 0 saturated carbocycles. The zero-order chi connectivity index (χ0) is 22.6. The maximum Gasteiger partial charge on any atom is 0.191 e. The van der Waals surface area contributed by atoms with E-state index < -0.39 is 0 Å². The van der Waals surface area contributed by atoms with E-state index >= 15 is 0 Å². The molecule has 1 aliphatic heterocycles. The molecule has 9 nitrogen and oxygen atoms in total. The van der Waals surface area contributed by atoms with Crippen LogP contribution in [0, 0.1) is 6.92 Å². The minimum Gasteiger partial charge on any atom is -0.379 e. The van der Waals surface area contributed by atoms with E-state index in [0.29, 0.717) is 6.54 Å². The summed E-state index contributed by atoms with van der Waals surface area (Å²) >= 11 is 0. The van der Waals surface area contributed by atoms with Crippen molar-refractivity contribution in [1.82, 2.24) is 25.4 Å². The number of para-hydroxylation sites is 1. The lowest BCUT2D eigenvalue weighted by molar-refractivity contribution is 0.0420. The van der Waals surface area contributed by atoms with Crippen molar-refractivity contribution in [3.8, 4) is 0 Å². The Labute approximate surface area is 191 Å². The summed E-state index contributed by atoms with van der Waals surface area (Å²) in [5.74, 6) is 2.52. The van der Waals surface area contributed by atoms with Crippen LogP contribution in [0.3, 0.4) is 0 Å². The highest BCUT2D eigenvalue weighted by Crippen LogP contribution is 2.11. The summed E-state index contributed by atoms with van der Waals surface area (Å²) < 4.78 is 13.2. The van der Waals surface area contributed by atoms with Gasteiger partial charge in [-0.15, -0.1) is 10.2 Å². The monoisotopic (exact) mass is 443 g/mol. The molecule has 0 amide bonds. The molecule has 176 valence electrons. The van der Waals surface area contributed by atoms with Crippen molar-refractivity contribution in [2.24, 2.45) is 12.0 Å². The third-order valence-corrected chi connectivity index (χ3v) is 5.58. The first-order chi connectivity index (χ1) is 15.6. The fraction of sp³-hybridized carbons (Fsp3) is 0.609. The van der Waals surface area contributed by atoms with Gasteiger partial charge in [0.05, 0.1) is 12.7 Å². The van der Waals surface area contributed by atoms with Gasteiger partial charge in [-0.25, -0.2) is 4.99 Å². The first-order valence-corrected chi connectivity index (χ1v) is 11.5. The average Bonchev–Trinajstić information content (AvgIpc) is 3.45. The second-order valence-electron chi connectivity index (χ2n) is 8.06. The zero-order valence-corrected chi connectivity index (χ0v) is 19.6. The van der Waals surface area contributed by atoms with Gasteiger partial charge in [-0.2, -0.15) is 0 Å². The SMILES string of the molecule is Cc1nnc(CN=C(NCCCOC2CCOC2)NCCCN(C)c2ccccc2)n1C. The first kappa shape index (κ1) is 24.0. The van der Waals surface area contributed by atoms with Crippen LogP contribution in [-0.4, -0.2) is 73.3 Å². The van der Waals surface area contributed by atoms with Crippen LogP contribution in [0.1, 0.15) is 30.9 Å². The van der Waals surface area contributed by atoms with Crippen molar-refractivity contribution in [1.29, 1.82) is 0 Å². The van der Waals surface area contributed by atoms with Crippen LogP contribution in [0.25, 0.3) is 0 Å². The Morgan fingerprint density at radius 2 is 2.00 bits per heavy atom. The molecule has 2 N–H and O–H groups in total. The van der Waals surface area contributed by atoms with Crippen molar-refractivity contribution in [2.75, 3.05) is 51.4 Å². The van der Waals surface area contributed by atoms with E-state index in [4.69, 9.17) is 14.5 Å². The minimum absolute atomic E-state index is 0.252. The average molecular weight is 444 g/mol. The van der Waals surface area contributed by atoms with Gasteiger partial charge in [0, 0.05) is 52.6 Å². The second kappa shape index (κ2) is 13.0. The summed E-state index contributed by atoms with van der Waals surface area (Å²) in [6.07, 6.45) is 3.16. The summed E-state index contributed by atoms with van der Waals surface area (Å²) in [4.78, 5) is 6.98. The largest absolute Gasteiger partial charge is 0.379 e. The van der Waals surface area contributed by atoms with Crippen molar-refractivity contribution in [3.63, 3.8) is 0 Å². The number of guanidine groups is 1. The van der Waals surface area contributed by atoms with Crippen LogP contribution < -0.4 is 15.5 Å².